The summed E-state index contributed by atoms with van der Waals surface area (Å²) in [6.45, 7) is 12.8. The van der Waals surface area contributed by atoms with Gasteiger partial charge in [0.05, 0.1) is 6.54 Å². The summed E-state index contributed by atoms with van der Waals surface area (Å²) in [4.78, 5) is 16.8. The van der Waals surface area contributed by atoms with Crippen LogP contribution in [0.3, 0.4) is 0 Å². The average molecular weight is 453 g/mol. The van der Waals surface area contributed by atoms with Gasteiger partial charge in [0.2, 0.25) is 0 Å². The first-order valence-electron chi connectivity index (χ1n) is 14.2. The van der Waals surface area contributed by atoms with Crippen LogP contribution < -0.4 is 0 Å². The van der Waals surface area contributed by atoms with Crippen LogP contribution in [0.2, 0.25) is 0 Å². The molecule has 1 saturated heterocycles. The molecular weight excluding hydrogens is 396 g/mol. The van der Waals surface area contributed by atoms with Crippen molar-refractivity contribution >= 4 is 6.09 Å². The van der Waals surface area contributed by atoms with E-state index < -0.39 is 0 Å². The molecule has 0 aromatic heterocycles. The molecule has 4 heteroatoms. The minimum atomic E-state index is -0.0908. The lowest BCUT2D eigenvalue weighted by molar-refractivity contribution is 0.107. The van der Waals surface area contributed by atoms with E-state index in [1.54, 1.807) is 0 Å². The smallest absolute Gasteiger partial charge is 0.410 e. The molecule has 32 heavy (non-hydrogen) atoms. The van der Waals surface area contributed by atoms with Gasteiger partial charge in [-0.3, -0.25) is 0 Å². The molecular formula is C28H56N2O2. The molecule has 0 aromatic carbocycles. The lowest BCUT2D eigenvalue weighted by Gasteiger charge is -2.25. The molecule has 1 amide bonds. The molecule has 0 spiro atoms. The summed E-state index contributed by atoms with van der Waals surface area (Å²) < 4.78 is 5.74. The topological polar surface area (TPSA) is 32.8 Å². The van der Waals surface area contributed by atoms with E-state index in [1.807, 2.05) is 4.90 Å². The van der Waals surface area contributed by atoms with Gasteiger partial charge >= 0.3 is 6.09 Å². The van der Waals surface area contributed by atoms with Gasteiger partial charge in [0.25, 0.3) is 0 Å². The van der Waals surface area contributed by atoms with Gasteiger partial charge in [-0.05, 0) is 44.6 Å². The minimum absolute atomic E-state index is 0.0333. The van der Waals surface area contributed by atoms with Gasteiger partial charge in [-0.2, -0.15) is 0 Å². The second kappa shape index (κ2) is 18.6. The van der Waals surface area contributed by atoms with Crippen LogP contribution in [-0.4, -0.2) is 55.2 Å². The van der Waals surface area contributed by atoms with Gasteiger partial charge in [0.15, 0.2) is 0 Å². The SMILES string of the molecule is CCCCCC(CCC)CCCN1C[C@H](CN(C)CC(CCCC)CCCCC)OC1=O. The summed E-state index contributed by atoms with van der Waals surface area (Å²) in [5, 5.41) is 0. The van der Waals surface area contributed by atoms with E-state index >= 15 is 0 Å². The van der Waals surface area contributed by atoms with E-state index in [2.05, 4.69) is 39.6 Å². The van der Waals surface area contributed by atoms with E-state index in [4.69, 9.17) is 4.74 Å². The zero-order chi connectivity index (χ0) is 23.6. The zero-order valence-electron chi connectivity index (χ0n) is 22.4. The first-order valence-corrected chi connectivity index (χ1v) is 14.2. The van der Waals surface area contributed by atoms with Gasteiger partial charge in [0.1, 0.15) is 6.10 Å². The maximum atomic E-state index is 12.4. The fraction of sp³-hybridized carbons (Fsp3) is 0.964. The number of hydrogen-bond acceptors (Lipinski definition) is 3. The Morgan fingerprint density at radius 2 is 1.41 bits per heavy atom. The summed E-state index contributed by atoms with van der Waals surface area (Å²) >= 11 is 0. The van der Waals surface area contributed by atoms with Crippen molar-refractivity contribution in [3.8, 4) is 0 Å². The molecule has 0 saturated carbocycles. The molecule has 0 N–H and O–H groups in total. The normalized spacial score (nSPS) is 18.4. The Hall–Kier alpha value is -0.770. The molecule has 1 aliphatic rings. The van der Waals surface area contributed by atoms with Crippen LogP contribution in [0.4, 0.5) is 4.79 Å². The molecule has 0 bridgehead atoms. The maximum absolute atomic E-state index is 12.4. The van der Waals surface area contributed by atoms with Crippen LogP contribution in [0.15, 0.2) is 0 Å². The quantitative estimate of drug-likeness (QED) is 0.166. The van der Waals surface area contributed by atoms with Crippen molar-refractivity contribution in [2.45, 2.75) is 130 Å². The van der Waals surface area contributed by atoms with Gasteiger partial charge in [-0.1, -0.05) is 98.3 Å². The van der Waals surface area contributed by atoms with Crippen molar-refractivity contribution in [3.05, 3.63) is 0 Å². The molecule has 0 aromatic rings. The zero-order valence-corrected chi connectivity index (χ0v) is 22.4. The lowest BCUT2D eigenvalue weighted by Crippen LogP contribution is -2.35. The first kappa shape index (κ1) is 29.3. The number of hydrogen-bond donors (Lipinski definition) is 0. The monoisotopic (exact) mass is 452 g/mol. The predicted octanol–water partition coefficient (Wildman–Crippen LogP) is 7.90. The highest BCUT2D eigenvalue weighted by Crippen LogP contribution is 2.23. The Balaban J connectivity index is 2.36. The second-order valence-electron chi connectivity index (χ2n) is 10.5. The summed E-state index contributed by atoms with van der Waals surface area (Å²) in [6, 6.07) is 0. The summed E-state index contributed by atoms with van der Waals surface area (Å²) in [6.07, 6.45) is 19.6. The first-order chi connectivity index (χ1) is 15.5. The third kappa shape index (κ3) is 13.1. The summed E-state index contributed by atoms with van der Waals surface area (Å²) in [5.41, 5.74) is 0. The number of likely N-dealkylation sites (N-methyl/N-ethyl adjacent to an activating group) is 1. The maximum Gasteiger partial charge on any atom is 0.410 e. The number of cyclic esters (lactones) is 1. The number of carbonyl (C=O) groups is 1. The van der Waals surface area contributed by atoms with Crippen LogP contribution in [0, 0.1) is 11.8 Å². The van der Waals surface area contributed by atoms with Gasteiger partial charge in [-0.15, -0.1) is 0 Å². The van der Waals surface area contributed by atoms with E-state index in [-0.39, 0.29) is 12.2 Å². The highest BCUT2D eigenvalue weighted by atomic mass is 16.6. The lowest BCUT2D eigenvalue weighted by atomic mass is 9.92. The predicted molar refractivity (Wildman–Crippen MR) is 138 cm³/mol. The highest BCUT2D eigenvalue weighted by Gasteiger charge is 2.31. The minimum Gasteiger partial charge on any atom is -0.443 e. The van der Waals surface area contributed by atoms with Crippen molar-refractivity contribution in [1.82, 2.24) is 9.80 Å². The Kier molecular flexibility index (Phi) is 17.0. The van der Waals surface area contributed by atoms with E-state index in [0.29, 0.717) is 0 Å². The molecule has 2 unspecified atom stereocenters. The molecule has 3 atom stereocenters. The van der Waals surface area contributed by atoms with E-state index in [0.717, 1.165) is 44.4 Å². The van der Waals surface area contributed by atoms with Crippen molar-refractivity contribution in [3.63, 3.8) is 0 Å². The third-order valence-electron chi connectivity index (χ3n) is 7.17. The second-order valence-corrected chi connectivity index (χ2v) is 10.5. The van der Waals surface area contributed by atoms with Crippen LogP contribution >= 0.6 is 0 Å². The van der Waals surface area contributed by atoms with Crippen molar-refractivity contribution in [2.75, 3.05) is 33.2 Å². The Bertz CT molecular complexity index is 457. The molecule has 4 nitrogen and oxygen atoms in total. The van der Waals surface area contributed by atoms with Crippen molar-refractivity contribution in [2.24, 2.45) is 11.8 Å². The third-order valence-corrected chi connectivity index (χ3v) is 7.17. The molecule has 190 valence electrons. The summed E-state index contributed by atoms with van der Waals surface area (Å²) in [5.74, 6) is 1.61. The molecule has 0 radical (unpaired) electrons. The van der Waals surface area contributed by atoms with Crippen LogP contribution in [0.1, 0.15) is 124 Å². The average Bonchev–Trinajstić information content (AvgIpc) is 3.10. The van der Waals surface area contributed by atoms with Crippen LogP contribution in [0.5, 0.6) is 0 Å². The van der Waals surface area contributed by atoms with Crippen LogP contribution in [-0.2, 0) is 4.74 Å². The Morgan fingerprint density at radius 3 is 2.03 bits per heavy atom. The van der Waals surface area contributed by atoms with Gasteiger partial charge < -0.3 is 14.5 Å². The summed E-state index contributed by atoms with van der Waals surface area (Å²) in [7, 11) is 2.21. The number of unbranched alkanes of at least 4 members (excludes halogenated alkanes) is 5. The number of ether oxygens (including phenoxy) is 1. The number of carbonyl (C=O) groups excluding carboxylic acids is 1. The number of rotatable bonds is 21. The van der Waals surface area contributed by atoms with E-state index in [9.17, 15) is 4.79 Å². The van der Waals surface area contributed by atoms with Gasteiger partial charge in [0, 0.05) is 19.6 Å². The largest absolute Gasteiger partial charge is 0.443 e. The molecule has 1 heterocycles. The molecule has 1 fully saturated rings. The fourth-order valence-corrected chi connectivity index (χ4v) is 5.31. The molecule has 1 aliphatic heterocycles. The molecule has 0 aliphatic carbocycles. The molecule has 1 rings (SSSR count). The highest BCUT2D eigenvalue weighted by molar-refractivity contribution is 5.69. The number of amides is 1. The van der Waals surface area contributed by atoms with Gasteiger partial charge in [-0.25, -0.2) is 4.79 Å². The van der Waals surface area contributed by atoms with Crippen molar-refractivity contribution in [1.29, 1.82) is 0 Å². The Morgan fingerprint density at radius 1 is 0.812 bits per heavy atom. The Labute approximate surface area is 200 Å². The van der Waals surface area contributed by atoms with E-state index in [1.165, 1.54) is 89.9 Å². The standard InChI is InChI=1S/C28H56N2O2/c1-6-10-13-18-25(16-9-4)20-15-21-30-24-27(32-28(30)31)23-29(5)22-26(17-12-8-3)19-14-11-7-2/h25-27H,6-24H2,1-5H3/t25?,26?,27-/m0/s1. The van der Waals surface area contributed by atoms with Crippen molar-refractivity contribution < 1.29 is 9.53 Å². The number of nitrogens with zero attached hydrogens (tertiary/aromatic N) is 2. The van der Waals surface area contributed by atoms with Crippen LogP contribution in [0.25, 0.3) is 0 Å². The fourth-order valence-electron chi connectivity index (χ4n) is 5.31.